The number of nitrogens with one attached hydrogen (secondary N) is 1. The first-order valence-electron chi connectivity index (χ1n) is 7.70. The van der Waals surface area contributed by atoms with Crippen molar-refractivity contribution < 1.29 is 19.0 Å². The molecule has 4 rings (SSSR count). The van der Waals surface area contributed by atoms with Gasteiger partial charge in [0.25, 0.3) is 0 Å². The topological polar surface area (TPSA) is 103 Å². The molecule has 0 saturated heterocycles. The van der Waals surface area contributed by atoms with Gasteiger partial charge < -0.3 is 19.0 Å². The Morgan fingerprint density at radius 2 is 1.84 bits per heavy atom. The van der Waals surface area contributed by atoms with E-state index in [1.807, 2.05) is 19.9 Å². The summed E-state index contributed by atoms with van der Waals surface area (Å²) in [5, 5.41) is 21.0. The van der Waals surface area contributed by atoms with Crippen LogP contribution in [0.3, 0.4) is 0 Å². The molecule has 0 spiro atoms. The van der Waals surface area contributed by atoms with Crippen LogP contribution in [0.1, 0.15) is 16.8 Å². The minimum Gasteiger partial charge on any atom is -0.506 e. The van der Waals surface area contributed by atoms with Gasteiger partial charge in [-0.1, -0.05) is 5.10 Å². The molecule has 0 radical (unpaired) electrons. The lowest BCUT2D eigenvalue weighted by atomic mass is 10.1. The van der Waals surface area contributed by atoms with E-state index < -0.39 is 0 Å². The molecule has 2 aromatic heterocycles. The monoisotopic (exact) mass is 340 g/mol. The fourth-order valence-corrected chi connectivity index (χ4v) is 2.57. The molecule has 8 heteroatoms. The molecular weight excluding hydrogens is 324 g/mol. The Labute approximate surface area is 143 Å². The molecule has 8 nitrogen and oxygen atoms in total. The number of aromatic hydroxyl groups is 1. The highest BCUT2D eigenvalue weighted by Gasteiger charge is 2.18. The lowest BCUT2D eigenvalue weighted by Crippen LogP contribution is -2.01. The van der Waals surface area contributed by atoms with Gasteiger partial charge in [-0.3, -0.25) is 5.32 Å². The lowest BCUT2D eigenvalue weighted by Gasteiger charge is -2.11. The first-order chi connectivity index (χ1) is 12.0. The van der Waals surface area contributed by atoms with E-state index in [-0.39, 0.29) is 18.6 Å². The maximum atomic E-state index is 9.94. The average Bonchev–Trinajstić information content (AvgIpc) is 3.26. The van der Waals surface area contributed by atoms with Crippen LogP contribution in [-0.2, 0) is 0 Å². The van der Waals surface area contributed by atoms with Gasteiger partial charge in [-0.25, -0.2) is 4.98 Å². The Balaban J connectivity index is 1.62. The van der Waals surface area contributed by atoms with E-state index in [4.69, 9.17) is 13.9 Å². The van der Waals surface area contributed by atoms with E-state index in [9.17, 15) is 5.11 Å². The Hall–Kier alpha value is -3.29. The van der Waals surface area contributed by atoms with Crippen LogP contribution in [0.2, 0.25) is 0 Å². The number of hydrogen-bond acceptors (Lipinski definition) is 8. The summed E-state index contributed by atoms with van der Waals surface area (Å²) in [6.07, 6.45) is 0. The van der Waals surface area contributed by atoms with Crippen molar-refractivity contribution >= 4 is 11.8 Å². The molecule has 3 heterocycles. The predicted octanol–water partition coefficient (Wildman–Crippen LogP) is 3.23. The van der Waals surface area contributed by atoms with Crippen LogP contribution in [0.25, 0.3) is 11.5 Å². The van der Waals surface area contributed by atoms with E-state index in [2.05, 4.69) is 20.5 Å². The molecule has 0 amide bonds. The van der Waals surface area contributed by atoms with Crippen molar-refractivity contribution in [3.8, 4) is 28.7 Å². The number of anilines is 2. The van der Waals surface area contributed by atoms with E-state index >= 15 is 0 Å². The third-order valence-electron chi connectivity index (χ3n) is 4.16. The maximum absolute atomic E-state index is 9.94. The smallest absolute Gasteiger partial charge is 0.321 e. The third kappa shape index (κ3) is 2.61. The first kappa shape index (κ1) is 15.3. The molecule has 3 aromatic rings. The minimum atomic E-state index is 0.189. The molecule has 1 aliphatic rings. The van der Waals surface area contributed by atoms with Crippen molar-refractivity contribution in [3.05, 3.63) is 35.0 Å². The van der Waals surface area contributed by atoms with Crippen LogP contribution >= 0.6 is 0 Å². The van der Waals surface area contributed by atoms with Crippen LogP contribution in [0.4, 0.5) is 11.8 Å². The molecule has 1 aliphatic heterocycles. The number of benzene rings is 1. The summed E-state index contributed by atoms with van der Waals surface area (Å²) in [5.41, 5.74) is 2.82. The molecule has 25 heavy (non-hydrogen) atoms. The van der Waals surface area contributed by atoms with E-state index in [1.165, 1.54) is 0 Å². The van der Waals surface area contributed by atoms with Crippen LogP contribution in [0, 0.1) is 20.8 Å². The summed E-state index contributed by atoms with van der Waals surface area (Å²) in [5.74, 6) is 2.44. The van der Waals surface area contributed by atoms with Gasteiger partial charge in [0.2, 0.25) is 12.7 Å². The normalized spacial score (nSPS) is 12.4. The Morgan fingerprint density at radius 1 is 1.04 bits per heavy atom. The largest absolute Gasteiger partial charge is 0.506 e. The standard InChI is InChI=1S/C17H16N4O4/c1-8-9(2)15(18-10(3)14(8)22)19-17-21-20-16(25-17)11-4-5-12-13(6-11)24-7-23-12/h4-6,22H,7H2,1-3H3,(H,18,19,21). The second-order valence-corrected chi connectivity index (χ2v) is 5.75. The molecule has 0 aliphatic carbocycles. The fraction of sp³-hybridized carbons (Fsp3) is 0.235. The van der Waals surface area contributed by atoms with Crippen molar-refractivity contribution in [2.75, 3.05) is 12.1 Å². The molecule has 1 aromatic carbocycles. The minimum absolute atomic E-state index is 0.189. The van der Waals surface area contributed by atoms with Gasteiger partial charge in [0.05, 0.1) is 5.69 Å². The van der Waals surface area contributed by atoms with Crippen molar-refractivity contribution in [1.82, 2.24) is 15.2 Å². The van der Waals surface area contributed by atoms with Crippen LogP contribution < -0.4 is 14.8 Å². The number of nitrogens with zero attached hydrogens (tertiary/aromatic N) is 3. The Morgan fingerprint density at radius 3 is 2.68 bits per heavy atom. The quantitative estimate of drug-likeness (QED) is 0.749. The maximum Gasteiger partial charge on any atom is 0.321 e. The van der Waals surface area contributed by atoms with Crippen molar-refractivity contribution in [3.63, 3.8) is 0 Å². The van der Waals surface area contributed by atoms with E-state index in [0.717, 1.165) is 16.7 Å². The van der Waals surface area contributed by atoms with Gasteiger partial charge in [0, 0.05) is 5.56 Å². The Bertz CT molecular complexity index is 968. The van der Waals surface area contributed by atoms with Gasteiger partial charge in [-0.05, 0) is 50.1 Å². The number of ether oxygens (including phenoxy) is 2. The molecule has 0 bridgehead atoms. The summed E-state index contributed by atoms with van der Waals surface area (Å²) in [7, 11) is 0. The number of aryl methyl sites for hydroxylation is 1. The number of hydrogen-bond donors (Lipinski definition) is 2. The van der Waals surface area contributed by atoms with E-state index in [1.54, 1.807) is 19.1 Å². The molecule has 0 atom stereocenters. The van der Waals surface area contributed by atoms with Crippen molar-refractivity contribution in [1.29, 1.82) is 0 Å². The number of rotatable bonds is 3. The predicted molar refractivity (Wildman–Crippen MR) is 89.3 cm³/mol. The number of aromatic nitrogens is 3. The second-order valence-electron chi connectivity index (χ2n) is 5.75. The van der Waals surface area contributed by atoms with Gasteiger partial charge in [-0.15, -0.1) is 5.10 Å². The number of fused-ring (bicyclic) bond motifs is 1. The first-order valence-corrected chi connectivity index (χ1v) is 7.70. The summed E-state index contributed by atoms with van der Waals surface area (Å²) in [6.45, 7) is 5.63. The summed E-state index contributed by atoms with van der Waals surface area (Å²) in [4.78, 5) is 4.33. The molecule has 0 saturated carbocycles. The number of pyridine rings is 1. The summed E-state index contributed by atoms with van der Waals surface area (Å²) in [6, 6.07) is 5.63. The highest BCUT2D eigenvalue weighted by Crippen LogP contribution is 2.36. The third-order valence-corrected chi connectivity index (χ3v) is 4.16. The SMILES string of the molecule is Cc1nc(Nc2nnc(-c3ccc4c(c3)OCO4)o2)c(C)c(C)c1O. The fourth-order valence-electron chi connectivity index (χ4n) is 2.57. The van der Waals surface area contributed by atoms with Crippen LogP contribution in [-0.4, -0.2) is 27.1 Å². The van der Waals surface area contributed by atoms with Gasteiger partial charge >= 0.3 is 6.01 Å². The highest BCUT2D eigenvalue weighted by molar-refractivity contribution is 5.62. The van der Waals surface area contributed by atoms with Crippen molar-refractivity contribution in [2.24, 2.45) is 0 Å². The molecule has 0 fully saturated rings. The lowest BCUT2D eigenvalue weighted by molar-refractivity contribution is 0.174. The van der Waals surface area contributed by atoms with Gasteiger partial charge in [0.15, 0.2) is 11.5 Å². The highest BCUT2D eigenvalue weighted by atomic mass is 16.7. The summed E-state index contributed by atoms with van der Waals surface area (Å²) >= 11 is 0. The Kier molecular flexibility index (Phi) is 3.45. The molecule has 128 valence electrons. The average molecular weight is 340 g/mol. The van der Waals surface area contributed by atoms with Gasteiger partial charge in [-0.2, -0.15) is 0 Å². The second kappa shape index (κ2) is 5.66. The van der Waals surface area contributed by atoms with Crippen LogP contribution in [0.15, 0.2) is 22.6 Å². The van der Waals surface area contributed by atoms with E-state index in [0.29, 0.717) is 28.9 Å². The molecule has 2 N–H and O–H groups in total. The molecular formula is C17H16N4O4. The molecule has 0 unspecified atom stereocenters. The zero-order valence-corrected chi connectivity index (χ0v) is 14.0. The van der Waals surface area contributed by atoms with Crippen molar-refractivity contribution in [2.45, 2.75) is 20.8 Å². The van der Waals surface area contributed by atoms with Crippen LogP contribution in [0.5, 0.6) is 17.2 Å². The zero-order chi connectivity index (χ0) is 17.6. The zero-order valence-electron chi connectivity index (χ0n) is 14.0. The van der Waals surface area contributed by atoms with Gasteiger partial charge in [0.1, 0.15) is 11.6 Å². The summed E-state index contributed by atoms with van der Waals surface area (Å²) < 4.78 is 16.3.